The van der Waals surface area contributed by atoms with Gasteiger partial charge < -0.3 is 16.2 Å². The van der Waals surface area contributed by atoms with Gasteiger partial charge in [0.2, 0.25) is 0 Å². The van der Waals surface area contributed by atoms with Crippen molar-refractivity contribution in [1.29, 1.82) is 0 Å². The number of carbonyl (C=O) groups excluding carboxylic acids is 1. The first kappa shape index (κ1) is 10.9. The number of anilines is 1. The molecule has 0 unspecified atom stereocenters. The topological polar surface area (TPSA) is 104 Å². The number of nitrogen functional groups attached to an aromatic ring is 1. The van der Waals surface area contributed by atoms with Gasteiger partial charge in [-0.2, -0.15) is 5.10 Å². The standard InChI is InChI=1S/C10H16N4O2/c11-6-5-12-14-9(6)10(16)13-7-3-1-2-4-8(7)15/h5,7-8,15H,1-4,11H2,(H,12,14)(H,13,16)/t7-,8-/m0/s1. The quantitative estimate of drug-likeness (QED) is 0.568. The van der Waals surface area contributed by atoms with E-state index in [0.717, 1.165) is 25.7 Å². The molecule has 1 saturated carbocycles. The lowest BCUT2D eigenvalue weighted by Gasteiger charge is -2.28. The van der Waals surface area contributed by atoms with Gasteiger partial charge in [0.05, 0.1) is 24.0 Å². The van der Waals surface area contributed by atoms with E-state index in [4.69, 9.17) is 5.73 Å². The minimum absolute atomic E-state index is 0.177. The van der Waals surface area contributed by atoms with Crippen molar-refractivity contribution in [2.75, 3.05) is 5.73 Å². The van der Waals surface area contributed by atoms with E-state index in [9.17, 15) is 9.90 Å². The van der Waals surface area contributed by atoms with E-state index in [-0.39, 0.29) is 17.6 Å². The lowest BCUT2D eigenvalue weighted by molar-refractivity contribution is 0.0714. The molecule has 0 spiro atoms. The van der Waals surface area contributed by atoms with Crippen LogP contribution in [0.2, 0.25) is 0 Å². The summed E-state index contributed by atoms with van der Waals surface area (Å²) in [5, 5.41) is 18.7. The molecule has 2 atom stereocenters. The van der Waals surface area contributed by atoms with Crippen LogP contribution in [0.25, 0.3) is 0 Å². The molecule has 0 aliphatic heterocycles. The molecule has 1 aliphatic rings. The summed E-state index contributed by atoms with van der Waals surface area (Å²) in [6.45, 7) is 0. The maximum Gasteiger partial charge on any atom is 0.271 e. The molecule has 6 heteroatoms. The molecule has 1 aliphatic carbocycles. The Kier molecular flexibility index (Phi) is 3.09. The van der Waals surface area contributed by atoms with Crippen molar-refractivity contribution in [2.45, 2.75) is 37.8 Å². The van der Waals surface area contributed by atoms with Crippen molar-refractivity contribution in [1.82, 2.24) is 15.5 Å². The Morgan fingerprint density at radius 3 is 2.94 bits per heavy atom. The molecule has 0 saturated heterocycles. The summed E-state index contributed by atoms with van der Waals surface area (Å²) < 4.78 is 0. The van der Waals surface area contributed by atoms with Gasteiger partial charge in [-0.3, -0.25) is 9.89 Å². The van der Waals surface area contributed by atoms with Crippen molar-refractivity contribution < 1.29 is 9.90 Å². The molecular weight excluding hydrogens is 208 g/mol. The molecule has 0 aromatic carbocycles. The van der Waals surface area contributed by atoms with E-state index in [1.807, 2.05) is 0 Å². The van der Waals surface area contributed by atoms with E-state index in [0.29, 0.717) is 5.69 Å². The van der Waals surface area contributed by atoms with Crippen LogP contribution in [0.1, 0.15) is 36.2 Å². The first-order valence-electron chi connectivity index (χ1n) is 5.46. The molecule has 1 heterocycles. The summed E-state index contributed by atoms with van der Waals surface area (Å²) in [6, 6.07) is -0.177. The SMILES string of the molecule is Nc1cn[nH]c1C(=O)N[C@H]1CCCC[C@@H]1O. The number of nitrogens with zero attached hydrogens (tertiary/aromatic N) is 1. The second-order valence-corrected chi connectivity index (χ2v) is 4.13. The van der Waals surface area contributed by atoms with Crippen LogP contribution in [0.15, 0.2) is 6.20 Å². The molecule has 2 rings (SSSR count). The molecule has 5 N–H and O–H groups in total. The largest absolute Gasteiger partial charge is 0.396 e. The first-order chi connectivity index (χ1) is 7.68. The average Bonchev–Trinajstić information content (AvgIpc) is 2.68. The number of aliphatic hydroxyl groups is 1. The Bertz CT molecular complexity index is 377. The number of H-pyrrole nitrogens is 1. The highest BCUT2D eigenvalue weighted by molar-refractivity contribution is 5.97. The highest BCUT2D eigenvalue weighted by Gasteiger charge is 2.25. The highest BCUT2D eigenvalue weighted by Crippen LogP contribution is 2.19. The number of aliphatic hydroxyl groups excluding tert-OH is 1. The molecule has 1 amide bonds. The van der Waals surface area contributed by atoms with Crippen molar-refractivity contribution in [2.24, 2.45) is 0 Å². The molecule has 0 radical (unpaired) electrons. The van der Waals surface area contributed by atoms with Crippen LogP contribution in [0, 0.1) is 0 Å². The number of aromatic amines is 1. The summed E-state index contributed by atoms with van der Waals surface area (Å²) in [7, 11) is 0. The van der Waals surface area contributed by atoms with Crippen molar-refractivity contribution in [3.63, 3.8) is 0 Å². The Hall–Kier alpha value is -1.56. The number of nitrogens with two attached hydrogens (primary N) is 1. The second-order valence-electron chi connectivity index (χ2n) is 4.13. The zero-order valence-electron chi connectivity index (χ0n) is 8.94. The molecule has 16 heavy (non-hydrogen) atoms. The monoisotopic (exact) mass is 224 g/mol. The first-order valence-corrected chi connectivity index (χ1v) is 5.46. The van der Waals surface area contributed by atoms with E-state index in [2.05, 4.69) is 15.5 Å². The maximum absolute atomic E-state index is 11.8. The van der Waals surface area contributed by atoms with Crippen LogP contribution < -0.4 is 11.1 Å². The van der Waals surface area contributed by atoms with Crippen LogP contribution in [0.3, 0.4) is 0 Å². The molecule has 1 fully saturated rings. The second kappa shape index (κ2) is 4.52. The van der Waals surface area contributed by atoms with Gasteiger partial charge in [0.25, 0.3) is 5.91 Å². The fourth-order valence-electron chi connectivity index (χ4n) is 2.00. The number of nitrogens with one attached hydrogen (secondary N) is 2. The van der Waals surface area contributed by atoms with E-state index in [1.54, 1.807) is 0 Å². The van der Waals surface area contributed by atoms with Gasteiger partial charge in [-0.05, 0) is 12.8 Å². The van der Waals surface area contributed by atoms with Gasteiger partial charge >= 0.3 is 0 Å². The summed E-state index contributed by atoms with van der Waals surface area (Å²) in [6.07, 6.45) is 4.53. The third-order valence-corrected chi connectivity index (χ3v) is 2.94. The van der Waals surface area contributed by atoms with Crippen molar-refractivity contribution in [3.05, 3.63) is 11.9 Å². The van der Waals surface area contributed by atoms with Crippen molar-refractivity contribution in [3.8, 4) is 0 Å². The van der Waals surface area contributed by atoms with E-state index in [1.165, 1.54) is 6.20 Å². The van der Waals surface area contributed by atoms with Crippen LogP contribution >= 0.6 is 0 Å². The Labute approximate surface area is 93.2 Å². The lowest BCUT2D eigenvalue weighted by Crippen LogP contribution is -2.45. The minimum atomic E-state index is -0.457. The zero-order valence-corrected chi connectivity index (χ0v) is 8.94. The molecular formula is C10H16N4O2. The Balaban J connectivity index is 1.99. The van der Waals surface area contributed by atoms with Gasteiger partial charge in [-0.1, -0.05) is 12.8 Å². The fourth-order valence-corrected chi connectivity index (χ4v) is 2.00. The van der Waals surface area contributed by atoms with Gasteiger partial charge in [0.15, 0.2) is 0 Å². The van der Waals surface area contributed by atoms with Gasteiger partial charge in [0, 0.05) is 0 Å². The van der Waals surface area contributed by atoms with E-state index >= 15 is 0 Å². The van der Waals surface area contributed by atoms with Crippen LogP contribution in [0.5, 0.6) is 0 Å². The third-order valence-electron chi connectivity index (χ3n) is 2.94. The van der Waals surface area contributed by atoms with Gasteiger partial charge in [-0.25, -0.2) is 0 Å². The number of aromatic nitrogens is 2. The Morgan fingerprint density at radius 1 is 1.56 bits per heavy atom. The number of amides is 1. The summed E-state index contributed by atoms with van der Waals surface area (Å²) >= 11 is 0. The molecule has 6 nitrogen and oxygen atoms in total. The maximum atomic E-state index is 11.8. The highest BCUT2D eigenvalue weighted by atomic mass is 16.3. The van der Waals surface area contributed by atoms with Gasteiger partial charge in [-0.15, -0.1) is 0 Å². The molecule has 0 bridgehead atoms. The van der Waals surface area contributed by atoms with Crippen LogP contribution in [0.4, 0.5) is 5.69 Å². The minimum Gasteiger partial charge on any atom is -0.396 e. The summed E-state index contributed by atoms with van der Waals surface area (Å²) in [5.74, 6) is -0.305. The molecule has 88 valence electrons. The van der Waals surface area contributed by atoms with Crippen molar-refractivity contribution >= 4 is 11.6 Å². The number of carbonyl (C=O) groups is 1. The number of rotatable bonds is 2. The predicted molar refractivity (Wildman–Crippen MR) is 58.7 cm³/mol. The summed E-state index contributed by atoms with van der Waals surface area (Å²) in [5.41, 5.74) is 6.15. The van der Waals surface area contributed by atoms with Crippen LogP contribution in [-0.4, -0.2) is 33.4 Å². The third kappa shape index (κ3) is 2.16. The van der Waals surface area contributed by atoms with Crippen LogP contribution in [-0.2, 0) is 0 Å². The summed E-state index contributed by atoms with van der Waals surface area (Å²) in [4.78, 5) is 11.8. The normalized spacial score (nSPS) is 25.3. The Morgan fingerprint density at radius 2 is 2.31 bits per heavy atom. The zero-order chi connectivity index (χ0) is 11.5. The number of hydrogen-bond donors (Lipinski definition) is 4. The van der Waals surface area contributed by atoms with Gasteiger partial charge in [0.1, 0.15) is 5.69 Å². The average molecular weight is 224 g/mol. The number of hydrogen-bond acceptors (Lipinski definition) is 4. The fraction of sp³-hybridized carbons (Fsp3) is 0.600. The predicted octanol–water partition coefficient (Wildman–Crippen LogP) is 0.0252. The smallest absolute Gasteiger partial charge is 0.271 e. The molecule has 1 aromatic heterocycles. The van der Waals surface area contributed by atoms with E-state index < -0.39 is 6.10 Å². The lowest BCUT2D eigenvalue weighted by atomic mass is 9.92. The molecule has 1 aromatic rings.